The first kappa shape index (κ1) is 35.4. The summed E-state index contributed by atoms with van der Waals surface area (Å²) in [6.07, 6.45) is 4.25. The number of carbonyl (C=O) groups excluding carboxylic acids is 2. The maximum absolute atomic E-state index is 13.6. The number of hydrogen-bond acceptors (Lipinski definition) is 12. The van der Waals surface area contributed by atoms with Gasteiger partial charge in [0, 0.05) is 83.3 Å². The monoisotopic (exact) mass is 663 g/mol. The molecule has 1 saturated carbocycles. The maximum atomic E-state index is 13.6. The van der Waals surface area contributed by atoms with E-state index in [0.717, 1.165) is 58.4 Å². The Kier molecular flexibility index (Phi) is 12.1. The Balaban J connectivity index is 0.962. The summed E-state index contributed by atoms with van der Waals surface area (Å²) in [6.45, 7) is 15.8. The van der Waals surface area contributed by atoms with E-state index in [-0.39, 0.29) is 55.1 Å². The predicted octanol–water partition coefficient (Wildman–Crippen LogP) is -1.63. The fraction of sp³-hybridized carbons (Fsp3) is 0.939. The molecule has 268 valence electrons. The lowest BCUT2D eigenvalue weighted by atomic mass is 9.72. The van der Waals surface area contributed by atoms with Crippen LogP contribution in [0.15, 0.2) is 0 Å². The summed E-state index contributed by atoms with van der Waals surface area (Å²) in [7, 11) is 0. The Morgan fingerprint density at radius 3 is 2.51 bits per heavy atom. The number of amides is 2. The number of piperidine rings is 1. The van der Waals surface area contributed by atoms with Crippen LogP contribution in [0, 0.1) is 11.8 Å². The molecule has 47 heavy (non-hydrogen) atoms. The molecule has 7 N–H and O–H groups in total. The SMILES string of the molecule is CC(=O)N1CC(NC2CC(C(=O)NC[C@@H](O)[C@@H]3CC4CCC(OCC5OCNC5C)CC4CN3)NC(N3CCN(C(C)C)CC3)N2)C1. The molecule has 1 aliphatic carbocycles. The fourth-order valence-corrected chi connectivity index (χ4v) is 8.41. The smallest absolute Gasteiger partial charge is 0.237 e. The largest absolute Gasteiger partial charge is 0.390 e. The van der Waals surface area contributed by atoms with Crippen LogP contribution in [0.25, 0.3) is 0 Å². The summed E-state index contributed by atoms with van der Waals surface area (Å²) in [4.78, 5) is 32.0. The molecule has 14 nitrogen and oxygen atoms in total. The highest BCUT2D eigenvalue weighted by Gasteiger charge is 2.41. The van der Waals surface area contributed by atoms with Gasteiger partial charge in [0.25, 0.3) is 0 Å². The average molecular weight is 664 g/mol. The second-order valence-corrected chi connectivity index (χ2v) is 15.2. The van der Waals surface area contributed by atoms with Gasteiger partial charge >= 0.3 is 0 Å². The molecule has 0 aromatic carbocycles. The van der Waals surface area contributed by atoms with E-state index < -0.39 is 12.1 Å². The Labute approximate surface area is 280 Å². The van der Waals surface area contributed by atoms with Crippen LogP contribution in [0.5, 0.6) is 0 Å². The minimum Gasteiger partial charge on any atom is -0.390 e. The molecule has 5 saturated heterocycles. The number of aliphatic hydroxyl groups excluding tert-OH is 1. The minimum absolute atomic E-state index is 0.0314. The molecule has 14 heteroatoms. The zero-order valence-electron chi connectivity index (χ0n) is 29.0. The van der Waals surface area contributed by atoms with E-state index in [2.05, 4.69) is 62.5 Å². The zero-order valence-corrected chi connectivity index (χ0v) is 29.0. The van der Waals surface area contributed by atoms with Gasteiger partial charge in [-0.25, -0.2) is 0 Å². The average Bonchev–Trinajstić information content (AvgIpc) is 3.47. The van der Waals surface area contributed by atoms with Crippen molar-refractivity contribution in [1.29, 1.82) is 0 Å². The van der Waals surface area contributed by atoms with Gasteiger partial charge in [-0.1, -0.05) is 0 Å². The van der Waals surface area contributed by atoms with Gasteiger partial charge < -0.3 is 30.1 Å². The van der Waals surface area contributed by atoms with E-state index in [0.29, 0.717) is 56.8 Å². The molecule has 0 aromatic heterocycles. The number of piperazine rings is 1. The van der Waals surface area contributed by atoms with Crippen molar-refractivity contribution < 1.29 is 24.2 Å². The quantitative estimate of drug-likeness (QED) is 0.136. The van der Waals surface area contributed by atoms with Crippen molar-refractivity contribution in [2.75, 3.05) is 65.7 Å². The predicted molar refractivity (Wildman–Crippen MR) is 178 cm³/mol. The molecule has 10 atom stereocenters. The summed E-state index contributed by atoms with van der Waals surface area (Å²) in [6, 6.07) is 0.628. The van der Waals surface area contributed by atoms with Crippen LogP contribution in [0.2, 0.25) is 0 Å². The van der Waals surface area contributed by atoms with Crippen LogP contribution < -0.4 is 31.9 Å². The highest BCUT2D eigenvalue weighted by molar-refractivity contribution is 5.82. The molecule has 8 unspecified atom stereocenters. The van der Waals surface area contributed by atoms with Crippen LogP contribution in [0.4, 0.5) is 0 Å². The molecular formula is C33H61N9O5. The lowest BCUT2D eigenvalue weighted by Crippen LogP contribution is -2.74. The van der Waals surface area contributed by atoms with Gasteiger partial charge in [-0.2, -0.15) is 0 Å². The number of carbonyl (C=O) groups is 2. The summed E-state index contributed by atoms with van der Waals surface area (Å²) in [5.74, 6) is 1.13. The first-order chi connectivity index (χ1) is 22.6. The number of ether oxygens (including phenoxy) is 2. The van der Waals surface area contributed by atoms with Crippen molar-refractivity contribution in [2.24, 2.45) is 11.8 Å². The molecule has 6 rings (SSSR count). The number of likely N-dealkylation sites (tertiary alicyclic amines) is 1. The van der Waals surface area contributed by atoms with Crippen molar-refractivity contribution in [3.8, 4) is 0 Å². The van der Waals surface area contributed by atoms with E-state index in [1.807, 2.05) is 4.90 Å². The van der Waals surface area contributed by atoms with Gasteiger partial charge in [0.2, 0.25) is 11.8 Å². The van der Waals surface area contributed by atoms with Gasteiger partial charge in [-0.05, 0) is 64.8 Å². The van der Waals surface area contributed by atoms with Gasteiger partial charge in [-0.15, -0.1) is 0 Å². The number of nitrogens with one attached hydrogen (secondary N) is 6. The van der Waals surface area contributed by atoms with Crippen LogP contribution in [0.3, 0.4) is 0 Å². The maximum Gasteiger partial charge on any atom is 0.237 e. The van der Waals surface area contributed by atoms with Crippen molar-refractivity contribution in [3.05, 3.63) is 0 Å². The van der Waals surface area contributed by atoms with E-state index >= 15 is 0 Å². The molecular weight excluding hydrogens is 602 g/mol. The van der Waals surface area contributed by atoms with Crippen LogP contribution in [-0.4, -0.2) is 158 Å². The standard InChI is InChI=1S/C33H61N9O5/c1-20(2)40-7-9-41(10-8-40)33-38-28(13-31(39-33)37-25-16-42(17-25)22(4)43)32(45)35-15-29(44)27-12-23-5-6-26(11-24(23)14-34-27)46-18-30-21(3)36-19-47-30/h20-21,23-31,33-34,36-39,44H,5-19H2,1-4H3,(H,35,45)/t21?,23?,24?,26?,27-,28?,29+,30?,31?,33?/m0/s1. The molecule has 2 amide bonds. The van der Waals surface area contributed by atoms with E-state index in [1.54, 1.807) is 6.92 Å². The van der Waals surface area contributed by atoms with E-state index in [9.17, 15) is 14.7 Å². The Hall–Kier alpha value is -1.46. The third kappa shape index (κ3) is 9.02. The van der Waals surface area contributed by atoms with Gasteiger partial charge in [0.1, 0.15) is 6.29 Å². The molecule has 6 fully saturated rings. The second-order valence-electron chi connectivity index (χ2n) is 15.2. The molecule has 0 bridgehead atoms. The normalized spacial score (nSPS) is 38.2. The first-order valence-electron chi connectivity index (χ1n) is 18.3. The van der Waals surface area contributed by atoms with Crippen molar-refractivity contribution in [3.63, 3.8) is 0 Å². The Morgan fingerprint density at radius 1 is 1.02 bits per heavy atom. The third-order valence-corrected chi connectivity index (χ3v) is 11.7. The molecule has 0 radical (unpaired) electrons. The van der Waals surface area contributed by atoms with Gasteiger partial charge in [0.05, 0.1) is 43.9 Å². The Bertz CT molecular complexity index is 1040. The summed E-state index contributed by atoms with van der Waals surface area (Å²) >= 11 is 0. The van der Waals surface area contributed by atoms with Crippen LogP contribution in [0.1, 0.15) is 59.8 Å². The highest BCUT2D eigenvalue weighted by atomic mass is 16.5. The Morgan fingerprint density at radius 2 is 1.81 bits per heavy atom. The lowest BCUT2D eigenvalue weighted by Gasteiger charge is -2.48. The fourth-order valence-electron chi connectivity index (χ4n) is 8.41. The number of hydrogen-bond donors (Lipinski definition) is 7. The number of fused-ring (bicyclic) bond motifs is 1. The first-order valence-corrected chi connectivity index (χ1v) is 18.3. The second kappa shape index (κ2) is 16.0. The van der Waals surface area contributed by atoms with Crippen LogP contribution in [-0.2, 0) is 19.1 Å². The summed E-state index contributed by atoms with van der Waals surface area (Å²) < 4.78 is 12.0. The van der Waals surface area contributed by atoms with Crippen molar-refractivity contribution in [2.45, 2.75) is 121 Å². The summed E-state index contributed by atoms with van der Waals surface area (Å²) in [5, 5.41) is 32.1. The lowest BCUT2D eigenvalue weighted by molar-refractivity contribution is -0.133. The number of nitrogens with zero attached hydrogens (tertiary/aromatic N) is 3. The van der Waals surface area contributed by atoms with Crippen molar-refractivity contribution >= 4 is 11.8 Å². The molecule has 0 spiro atoms. The van der Waals surface area contributed by atoms with Crippen LogP contribution >= 0.6 is 0 Å². The molecule has 5 aliphatic heterocycles. The summed E-state index contributed by atoms with van der Waals surface area (Å²) in [5.41, 5.74) is 0. The minimum atomic E-state index is -0.648. The molecule has 6 aliphatic rings. The molecule has 0 aromatic rings. The molecule has 5 heterocycles. The third-order valence-electron chi connectivity index (χ3n) is 11.7. The van der Waals surface area contributed by atoms with E-state index in [4.69, 9.17) is 9.47 Å². The van der Waals surface area contributed by atoms with Gasteiger partial charge in [0.15, 0.2) is 0 Å². The topological polar surface area (TPSA) is 155 Å². The van der Waals surface area contributed by atoms with E-state index in [1.165, 1.54) is 0 Å². The highest BCUT2D eigenvalue weighted by Crippen LogP contribution is 2.37. The number of aliphatic hydroxyl groups is 1. The number of rotatable bonds is 11. The van der Waals surface area contributed by atoms with Gasteiger partial charge in [-0.3, -0.25) is 40.7 Å². The zero-order chi connectivity index (χ0) is 33.1. The van der Waals surface area contributed by atoms with Crippen molar-refractivity contribution in [1.82, 2.24) is 46.6 Å².